The van der Waals surface area contributed by atoms with Gasteiger partial charge >= 0.3 is 23.9 Å². The van der Waals surface area contributed by atoms with Crippen LogP contribution < -0.4 is 0 Å². The summed E-state index contributed by atoms with van der Waals surface area (Å²) in [6, 6.07) is 0. The number of hydrogen-bond donors (Lipinski definition) is 4. The van der Waals surface area contributed by atoms with Crippen molar-refractivity contribution < 1.29 is 58.6 Å². The Kier molecular flexibility index (Phi) is 78.7. The number of unbranched alkanes of at least 4 members (excludes halogenated alkanes) is 44. The molecule has 0 heterocycles. The fourth-order valence-electron chi connectivity index (χ4n) is 11.6. The van der Waals surface area contributed by atoms with E-state index in [1.165, 1.54) is 283 Å². The van der Waals surface area contributed by atoms with Gasteiger partial charge in [0.15, 0.2) is 0 Å². The molecule has 2 atom stereocenters. The smallest absolute Gasteiger partial charge is 0.308 e. The molecule has 0 aliphatic rings. The predicted octanol–water partition coefficient (Wildman–Crippen LogP) is 23.0. The second-order valence-corrected chi connectivity index (χ2v) is 29.6. The molecule has 0 rings (SSSR count). The summed E-state index contributed by atoms with van der Waals surface area (Å²) >= 11 is 0. The van der Waals surface area contributed by atoms with Crippen molar-refractivity contribution in [2.24, 2.45) is 23.7 Å². The molecule has 12 heteroatoms. The monoisotopic (exact) mass is 1330 g/mol. The summed E-state index contributed by atoms with van der Waals surface area (Å²) in [6.07, 6.45) is 66.5. The van der Waals surface area contributed by atoms with Crippen molar-refractivity contribution >= 4 is 23.9 Å². The SMILES string of the molecule is CC(C)CCCCCCCCCCCCCCC(=O)OCC(O)CO.CC(C)CCCCCCCCCCCCCCC(=O)OCC(O)CO.CCC(OC(=O)CCCCCCCCCCCCCCC(C)C)OC(=O)CCCCCCCCCCCCCCC(C)C. The molecule has 0 aromatic carbocycles. The summed E-state index contributed by atoms with van der Waals surface area (Å²) in [5.74, 6) is 2.37. The first-order valence-corrected chi connectivity index (χ1v) is 40.2. The molecule has 0 aromatic heterocycles. The first-order valence-electron chi connectivity index (χ1n) is 40.2. The minimum atomic E-state index is -0.955. The van der Waals surface area contributed by atoms with Gasteiger partial charge in [0, 0.05) is 32.1 Å². The largest absolute Gasteiger partial charge is 0.463 e. The summed E-state index contributed by atoms with van der Waals surface area (Å²) in [6.45, 7) is 19.4. The van der Waals surface area contributed by atoms with Gasteiger partial charge < -0.3 is 39.4 Å². The van der Waals surface area contributed by atoms with E-state index in [-0.39, 0.29) is 50.3 Å². The van der Waals surface area contributed by atoms with Crippen LogP contribution in [0.4, 0.5) is 0 Å². The molecule has 556 valence electrons. The van der Waals surface area contributed by atoms with Crippen LogP contribution in [0.15, 0.2) is 0 Å². The number of esters is 4. The normalized spacial score (nSPS) is 12.1. The van der Waals surface area contributed by atoms with E-state index < -0.39 is 18.5 Å². The zero-order valence-electron chi connectivity index (χ0n) is 63.2. The number of ether oxygens (including phenoxy) is 4. The predicted molar refractivity (Wildman–Crippen MR) is 392 cm³/mol. The topological polar surface area (TPSA) is 186 Å². The van der Waals surface area contributed by atoms with Crippen LogP contribution in [0, 0.1) is 23.7 Å². The van der Waals surface area contributed by atoms with Gasteiger partial charge in [-0.2, -0.15) is 0 Å². The Morgan fingerprint density at radius 1 is 0.258 bits per heavy atom. The molecule has 0 amide bonds. The van der Waals surface area contributed by atoms with Gasteiger partial charge in [0.05, 0.1) is 13.2 Å². The molecule has 4 N–H and O–H groups in total. The van der Waals surface area contributed by atoms with Crippen LogP contribution in [-0.4, -0.2) is 89.2 Å². The quantitative estimate of drug-likeness (QED) is 0.0196. The van der Waals surface area contributed by atoms with Gasteiger partial charge in [-0.1, -0.05) is 371 Å². The Hall–Kier alpha value is -2.28. The Bertz CT molecular complexity index is 1410. The van der Waals surface area contributed by atoms with E-state index in [2.05, 4.69) is 55.4 Å². The van der Waals surface area contributed by atoms with Gasteiger partial charge in [0.25, 0.3) is 0 Å². The van der Waals surface area contributed by atoms with Crippen molar-refractivity contribution in [2.75, 3.05) is 26.4 Å². The van der Waals surface area contributed by atoms with E-state index in [1.807, 2.05) is 6.92 Å². The van der Waals surface area contributed by atoms with Crippen LogP contribution in [0.1, 0.15) is 428 Å². The summed E-state index contributed by atoms with van der Waals surface area (Å²) in [5.41, 5.74) is 0. The molecule has 0 aliphatic heterocycles. The van der Waals surface area contributed by atoms with Crippen LogP contribution in [-0.2, 0) is 38.1 Å². The number of carbonyl (C=O) groups is 4. The highest BCUT2D eigenvalue weighted by molar-refractivity contribution is 5.71. The molecule has 0 fully saturated rings. The minimum absolute atomic E-state index is 0.104. The molecule has 0 saturated heterocycles. The summed E-state index contributed by atoms with van der Waals surface area (Å²) in [5, 5.41) is 35.4. The van der Waals surface area contributed by atoms with Crippen molar-refractivity contribution in [3.05, 3.63) is 0 Å². The molecule has 93 heavy (non-hydrogen) atoms. The van der Waals surface area contributed by atoms with Crippen LogP contribution >= 0.6 is 0 Å². The fourth-order valence-corrected chi connectivity index (χ4v) is 11.6. The zero-order valence-corrected chi connectivity index (χ0v) is 63.2. The molecule has 0 bridgehead atoms. The highest BCUT2D eigenvalue weighted by Gasteiger charge is 2.17. The van der Waals surface area contributed by atoms with Crippen molar-refractivity contribution in [3.63, 3.8) is 0 Å². The second kappa shape index (κ2) is 77.1. The maximum absolute atomic E-state index is 12.2. The molecule has 0 aliphatic carbocycles. The number of aliphatic hydroxyl groups is 4. The van der Waals surface area contributed by atoms with E-state index in [4.69, 9.17) is 39.4 Å². The minimum Gasteiger partial charge on any atom is -0.463 e. The second-order valence-electron chi connectivity index (χ2n) is 29.6. The highest BCUT2D eigenvalue weighted by atomic mass is 16.7. The number of aliphatic hydroxyl groups excluding tert-OH is 4. The molecule has 2 unspecified atom stereocenters. The number of hydrogen-bond acceptors (Lipinski definition) is 12. The lowest BCUT2D eigenvalue weighted by molar-refractivity contribution is -0.188. The maximum Gasteiger partial charge on any atom is 0.308 e. The van der Waals surface area contributed by atoms with Crippen molar-refractivity contribution in [1.29, 1.82) is 0 Å². The Balaban J connectivity index is -0.00000139. The number of carbonyl (C=O) groups excluding carboxylic acids is 4. The third-order valence-corrected chi connectivity index (χ3v) is 17.8. The molecule has 12 nitrogen and oxygen atoms in total. The van der Waals surface area contributed by atoms with Gasteiger partial charge in [-0.05, 0) is 49.4 Å². The Labute approximate surface area is 576 Å². The lowest BCUT2D eigenvalue weighted by Crippen LogP contribution is -2.23. The van der Waals surface area contributed by atoms with Crippen LogP contribution in [0.3, 0.4) is 0 Å². The molecule has 0 aromatic rings. The summed E-state index contributed by atoms with van der Waals surface area (Å²) in [7, 11) is 0. The number of rotatable bonds is 69. The third-order valence-electron chi connectivity index (χ3n) is 17.8. The maximum atomic E-state index is 12.2. The van der Waals surface area contributed by atoms with Crippen LogP contribution in [0.25, 0.3) is 0 Å². The Morgan fingerprint density at radius 3 is 0.581 bits per heavy atom. The molecule has 0 spiro atoms. The van der Waals surface area contributed by atoms with Gasteiger partial charge in [-0.3, -0.25) is 19.2 Å². The molecule has 0 saturated carbocycles. The summed E-state index contributed by atoms with van der Waals surface area (Å²) < 4.78 is 20.6. The van der Waals surface area contributed by atoms with Crippen molar-refractivity contribution in [1.82, 2.24) is 0 Å². The fraction of sp³-hybridized carbons (Fsp3) is 0.951. The van der Waals surface area contributed by atoms with E-state index in [1.54, 1.807) is 0 Å². The van der Waals surface area contributed by atoms with Gasteiger partial charge in [0.1, 0.15) is 25.4 Å². The van der Waals surface area contributed by atoms with Gasteiger partial charge in [-0.25, -0.2) is 0 Å². The molecule has 0 radical (unpaired) electrons. The molecular weight excluding hydrogens is 1160 g/mol. The molecular formula is C81H160O12. The Morgan fingerprint density at radius 2 is 0.419 bits per heavy atom. The standard InChI is InChI=1S/C39H76O4.2C21H42O4/c1-6-39(42-37(40)33-29-25-21-17-13-9-7-11-15-19-23-27-31-35(2)3)43-38(41)34-30-26-22-18-14-10-8-12-16-20-24-28-32-36(4)5;2*1-19(2)15-13-11-9-7-5-3-4-6-8-10-12-14-16-21(24)25-18-20(23)17-22/h35-36,39H,6-34H2,1-5H3;2*19-20,22-23H,3-18H2,1-2H3. The zero-order chi connectivity index (χ0) is 69.3. The van der Waals surface area contributed by atoms with Crippen LogP contribution in [0.2, 0.25) is 0 Å². The lowest BCUT2D eigenvalue weighted by atomic mass is 10.0. The van der Waals surface area contributed by atoms with E-state index >= 15 is 0 Å². The van der Waals surface area contributed by atoms with Crippen molar-refractivity contribution in [3.8, 4) is 0 Å². The van der Waals surface area contributed by atoms with Crippen LogP contribution in [0.5, 0.6) is 0 Å². The average molecular weight is 1330 g/mol. The van der Waals surface area contributed by atoms with Gasteiger partial charge in [0.2, 0.25) is 6.29 Å². The van der Waals surface area contributed by atoms with E-state index in [0.29, 0.717) is 32.1 Å². The first-order chi connectivity index (χ1) is 45.0. The van der Waals surface area contributed by atoms with Gasteiger partial charge in [-0.15, -0.1) is 0 Å². The lowest BCUT2D eigenvalue weighted by Gasteiger charge is -2.16. The average Bonchev–Trinajstić information content (AvgIpc) is 3.74. The first kappa shape index (κ1) is 94.9. The van der Waals surface area contributed by atoms with E-state index in [0.717, 1.165) is 75.0 Å². The summed E-state index contributed by atoms with van der Waals surface area (Å²) in [4.78, 5) is 47.2. The third kappa shape index (κ3) is 85.8. The van der Waals surface area contributed by atoms with E-state index in [9.17, 15) is 19.2 Å². The highest BCUT2D eigenvalue weighted by Crippen LogP contribution is 2.20. The van der Waals surface area contributed by atoms with Crippen molar-refractivity contribution in [2.45, 2.75) is 447 Å².